The summed E-state index contributed by atoms with van der Waals surface area (Å²) < 4.78 is 18.3. The normalized spacial score (nSPS) is 17.1. The molecule has 0 saturated carbocycles. The summed E-state index contributed by atoms with van der Waals surface area (Å²) in [6.45, 7) is 3.83. The van der Waals surface area contributed by atoms with Crippen LogP contribution in [0.1, 0.15) is 31.0 Å². The van der Waals surface area contributed by atoms with E-state index in [-0.39, 0.29) is 19.0 Å². The molecule has 7 nitrogen and oxygen atoms in total. The van der Waals surface area contributed by atoms with Gasteiger partial charge in [-0.15, -0.1) is 0 Å². The van der Waals surface area contributed by atoms with Crippen molar-refractivity contribution in [3.8, 4) is 11.5 Å². The summed E-state index contributed by atoms with van der Waals surface area (Å²) in [4.78, 5) is 31.6. The van der Waals surface area contributed by atoms with E-state index in [1.165, 1.54) is 15.9 Å². The van der Waals surface area contributed by atoms with Gasteiger partial charge in [0.25, 0.3) is 5.56 Å². The van der Waals surface area contributed by atoms with Crippen LogP contribution in [0, 0.1) is 0 Å². The second-order valence-corrected chi connectivity index (χ2v) is 8.92. The van der Waals surface area contributed by atoms with Crippen molar-refractivity contribution in [2.24, 2.45) is 4.99 Å². The van der Waals surface area contributed by atoms with Gasteiger partial charge in [0.05, 0.1) is 28.5 Å². The molecule has 5 rings (SSSR count). The fraction of sp³-hybridized carbons (Fsp3) is 0.208. The Morgan fingerprint density at radius 3 is 2.88 bits per heavy atom. The molecule has 2 aliphatic heterocycles. The van der Waals surface area contributed by atoms with Crippen LogP contribution in [0.4, 0.5) is 0 Å². The highest BCUT2D eigenvalue weighted by Gasteiger charge is 2.34. The second kappa shape index (κ2) is 8.53. The van der Waals surface area contributed by atoms with Crippen LogP contribution in [-0.2, 0) is 9.53 Å². The number of esters is 1. The molecule has 0 radical (unpaired) electrons. The number of hydrogen-bond donors (Lipinski definition) is 0. The molecule has 0 aliphatic carbocycles. The molecular weight excluding hydrogens is 464 g/mol. The number of aromatic nitrogens is 1. The standard InChI is InChI=1S/C24H19ClN2O5S/c1-3-30-23(29)20-13(2)26-24-27(21(20)15-7-8-17-18(11-15)32-12-31-17)22(28)19(33-24)10-14-5-4-6-16(25)9-14/h4-11,21H,3,12H2,1-2H3/b19-10+/t21-/m1/s1. The Morgan fingerprint density at radius 1 is 1.27 bits per heavy atom. The average Bonchev–Trinajstić information content (AvgIpc) is 3.37. The van der Waals surface area contributed by atoms with Crippen LogP contribution in [-0.4, -0.2) is 23.9 Å². The largest absolute Gasteiger partial charge is 0.463 e. The van der Waals surface area contributed by atoms with Crippen LogP contribution in [0.2, 0.25) is 5.02 Å². The van der Waals surface area contributed by atoms with E-state index in [4.69, 9.17) is 25.8 Å². The van der Waals surface area contributed by atoms with E-state index in [2.05, 4.69) is 4.99 Å². The first-order valence-electron chi connectivity index (χ1n) is 10.3. The maximum atomic E-state index is 13.6. The van der Waals surface area contributed by atoms with Crippen molar-refractivity contribution in [3.05, 3.63) is 89.6 Å². The van der Waals surface area contributed by atoms with Crippen molar-refractivity contribution in [1.82, 2.24) is 4.57 Å². The van der Waals surface area contributed by atoms with Crippen molar-refractivity contribution in [2.45, 2.75) is 19.9 Å². The summed E-state index contributed by atoms with van der Waals surface area (Å²) in [6.07, 6.45) is 1.77. The molecule has 2 aromatic carbocycles. The van der Waals surface area contributed by atoms with Crippen molar-refractivity contribution < 1.29 is 19.0 Å². The van der Waals surface area contributed by atoms with E-state index in [1.54, 1.807) is 44.2 Å². The van der Waals surface area contributed by atoms with E-state index in [0.717, 1.165) is 5.56 Å². The number of carbonyl (C=O) groups is 1. The van der Waals surface area contributed by atoms with Crippen LogP contribution < -0.4 is 24.4 Å². The van der Waals surface area contributed by atoms with Crippen LogP contribution in [0.5, 0.6) is 11.5 Å². The molecule has 9 heteroatoms. The number of fused-ring (bicyclic) bond motifs is 2. The van der Waals surface area contributed by atoms with Crippen LogP contribution in [0.15, 0.2) is 63.5 Å². The SMILES string of the molecule is CCOC(=O)C1=C(C)N=c2s/c(=C/c3cccc(Cl)c3)c(=O)n2[C@@H]1c1ccc2c(c1)OCO2. The number of allylic oxidation sites excluding steroid dienone is 1. The van der Waals surface area contributed by atoms with E-state index < -0.39 is 12.0 Å². The van der Waals surface area contributed by atoms with Crippen molar-refractivity contribution in [2.75, 3.05) is 13.4 Å². The Bertz CT molecular complexity index is 1490. The van der Waals surface area contributed by atoms with Crippen LogP contribution >= 0.6 is 22.9 Å². The minimum atomic E-state index is -0.712. The first-order valence-corrected chi connectivity index (χ1v) is 11.5. The fourth-order valence-electron chi connectivity index (χ4n) is 3.94. The van der Waals surface area contributed by atoms with Crippen molar-refractivity contribution in [3.63, 3.8) is 0 Å². The molecule has 2 aliphatic rings. The predicted octanol–water partition coefficient (Wildman–Crippen LogP) is 3.18. The Kier molecular flexibility index (Phi) is 5.55. The third-order valence-corrected chi connectivity index (χ3v) is 6.59. The Hall–Kier alpha value is -3.36. The zero-order valence-corrected chi connectivity index (χ0v) is 19.4. The third-order valence-electron chi connectivity index (χ3n) is 5.38. The molecule has 0 unspecified atom stereocenters. The summed E-state index contributed by atoms with van der Waals surface area (Å²) in [6, 6.07) is 11.9. The monoisotopic (exact) mass is 482 g/mol. The number of nitrogens with zero attached hydrogens (tertiary/aromatic N) is 2. The number of ether oxygens (including phenoxy) is 3. The molecule has 0 amide bonds. The summed E-state index contributed by atoms with van der Waals surface area (Å²) in [5.74, 6) is 0.669. The van der Waals surface area contributed by atoms with Gasteiger partial charge in [-0.2, -0.15) is 0 Å². The quantitative estimate of drug-likeness (QED) is 0.534. The zero-order chi connectivity index (χ0) is 23.1. The number of thiazole rings is 1. The van der Waals surface area contributed by atoms with Gasteiger partial charge in [-0.05, 0) is 55.3 Å². The number of rotatable bonds is 4. The van der Waals surface area contributed by atoms with Gasteiger partial charge in [0, 0.05) is 5.02 Å². The van der Waals surface area contributed by atoms with Gasteiger partial charge < -0.3 is 14.2 Å². The van der Waals surface area contributed by atoms with Crippen molar-refractivity contribution in [1.29, 1.82) is 0 Å². The highest BCUT2D eigenvalue weighted by Crippen LogP contribution is 2.38. The molecule has 0 spiro atoms. The molecule has 33 heavy (non-hydrogen) atoms. The third kappa shape index (κ3) is 3.85. The molecule has 0 bridgehead atoms. The summed E-state index contributed by atoms with van der Waals surface area (Å²) >= 11 is 7.37. The Morgan fingerprint density at radius 2 is 2.09 bits per heavy atom. The van der Waals surface area contributed by atoms with Crippen molar-refractivity contribution >= 4 is 35.0 Å². The van der Waals surface area contributed by atoms with Crippen LogP contribution in [0.25, 0.3) is 6.08 Å². The summed E-state index contributed by atoms with van der Waals surface area (Å²) in [5, 5.41) is 0.579. The average molecular weight is 483 g/mol. The first-order chi connectivity index (χ1) is 16.0. The maximum Gasteiger partial charge on any atom is 0.338 e. The highest BCUT2D eigenvalue weighted by atomic mass is 35.5. The molecule has 3 aromatic rings. The van der Waals surface area contributed by atoms with Gasteiger partial charge >= 0.3 is 5.97 Å². The highest BCUT2D eigenvalue weighted by molar-refractivity contribution is 7.07. The maximum absolute atomic E-state index is 13.6. The van der Waals surface area contributed by atoms with E-state index in [9.17, 15) is 9.59 Å². The number of hydrogen-bond acceptors (Lipinski definition) is 7. The second-order valence-electron chi connectivity index (χ2n) is 7.47. The molecule has 0 saturated heterocycles. The van der Waals surface area contributed by atoms with Gasteiger partial charge in [-0.3, -0.25) is 9.36 Å². The number of benzene rings is 2. The lowest BCUT2D eigenvalue weighted by molar-refractivity contribution is -0.139. The molecule has 0 fully saturated rings. The molecular formula is C24H19ClN2O5S. The van der Waals surface area contributed by atoms with Gasteiger partial charge in [0.15, 0.2) is 16.3 Å². The zero-order valence-electron chi connectivity index (χ0n) is 17.8. The summed E-state index contributed by atoms with van der Waals surface area (Å²) in [7, 11) is 0. The minimum absolute atomic E-state index is 0.126. The van der Waals surface area contributed by atoms with Gasteiger partial charge in [-0.1, -0.05) is 41.1 Å². The lowest BCUT2D eigenvalue weighted by atomic mass is 9.95. The van der Waals surface area contributed by atoms with Crippen LogP contribution in [0.3, 0.4) is 0 Å². The lowest BCUT2D eigenvalue weighted by Gasteiger charge is -2.24. The Balaban J connectivity index is 1.73. The minimum Gasteiger partial charge on any atom is -0.463 e. The topological polar surface area (TPSA) is 79.1 Å². The lowest BCUT2D eigenvalue weighted by Crippen LogP contribution is -2.39. The van der Waals surface area contributed by atoms with E-state index in [0.29, 0.717) is 42.7 Å². The van der Waals surface area contributed by atoms with Gasteiger partial charge in [0.2, 0.25) is 6.79 Å². The van der Waals surface area contributed by atoms with E-state index in [1.807, 2.05) is 18.2 Å². The van der Waals surface area contributed by atoms with Gasteiger partial charge in [-0.25, -0.2) is 9.79 Å². The van der Waals surface area contributed by atoms with E-state index >= 15 is 0 Å². The molecule has 3 heterocycles. The molecule has 168 valence electrons. The fourth-order valence-corrected chi connectivity index (χ4v) is 5.18. The smallest absolute Gasteiger partial charge is 0.338 e. The van der Waals surface area contributed by atoms with Gasteiger partial charge in [0.1, 0.15) is 0 Å². The predicted molar refractivity (Wildman–Crippen MR) is 124 cm³/mol. The summed E-state index contributed by atoms with van der Waals surface area (Å²) in [5.41, 5.74) is 2.07. The molecule has 0 N–H and O–H groups in total. The number of halogens is 1. The number of carbonyl (C=O) groups excluding carboxylic acids is 1. The Labute approximate surface area is 197 Å². The molecule has 1 atom stereocenters. The first kappa shape index (κ1) is 21.5. The molecule has 1 aromatic heterocycles.